The first kappa shape index (κ1) is 57.1. The lowest BCUT2D eigenvalue weighted by atomic mass is 9.92. The number of hydrogen-bond donors (Lipinski definition) is 2. The summed E-state index contributed by atoms with van der Waals surface area (Å²) in [5.41, 5.74) is 11.6. The van der Waals surface area contributed by atoms with Gasteiger partial charge in [-0.2, -0.15) is 0 Å². The van der Waals surface area contributed by atoms with Gasteiger partial charge < -0.3 is 48.4 Å². The van der Waals surface area contributed by atoms with Crippen LogP contribution in [0, 0.1) is 5.41 Å². The summed E-state index contributed by atoms with van der Waals surface area (Å²) in [6.07, 6.45) is 1.78. The fraction of sp³-hybridized carbons (Fsp3) is 0.377. The number of rotatable bonds is 32. The fourth-order valence-electron chi connectivity index (χ4n) is 8.91. The van der Waals surface area contributed by atoms with Gasteiger partial charge in [0.15, 0.2) is 11.5 Å². The van der Waals surface area contributed by atoms with Gasteiger partial charge in [0.2, 0.25) is 5.91 Å². The predicted octanol–water partition coefficient (Wildman–Crippen LogP) is 8.86. The van der Waals surface area contributed by atoms with Crippen molar-refractivity contribution in [1.82, 2.24) is 0 Å². The van der Waals surface area contributed by atoms with Crippen molar-refractivity contribution in [2.75, 3.05) is 60.5 Å². The van der Waals surface area contributed by atoms with Gasteiger partial charge in [0, 0.05) is 19.6 Å². The number of esters is 1. The Morgan fingerprint density at radius 1 is 0.500 bits per heavy atom. The summed E-state index contributed by atoms with van der Waals surface area (Å²) in [4.78, 5) is 24.5. The highest BCUT2D eigenvalue weighted by atomic mass is 28.4. The number of benzene rings is 6. The predicted molar refractivity (Wildman–Crippen MR) is 291 cm³/mol. The summed E-state index contributed by atoms with van der Waals surface area (Å²) in [5, 5.41) is 11.8. The van der Waals surface area contributed by atoms with E-state index in [-0.39, 0.29) is 57.5 Å². The first-order valence-corrected chi connectivity index (χ1v) is 27.3. The Kier molecular flexibility index (Phi) is 22.4. The van der Waals surface area contributed by atoms with Crippen LogP contribution < -0.4 is 25.6 Å². The molecule has 0 aliphatic carbocycles. The fourth-order valence-corrected chi connectivity index (χ4v) is 13.5. The molecule has 6 rings (SSSR count). The van der Waals surface area contributed by atoms with Crippen LogP contribution in [0.4, 0.5) is 0 Å². The van der Waals surface area contributed by atoms with Crippen molar-refractivity contribution in [2.24, 2.45) is 11.1 Å². The van der Waals surface area contributed by atoms with E-state index in [4.69, 9.17) is 43.3 Å². The number of carbonyl (C=O) groups is 2. The van der Waals surface area contributed by atoms with Crippen molar-refractivity contribution >= 4 is 30.6 Å². The van der Waals surface area contributed by atoms with E-state index in [0.717, 1.165) is 51.8 Å². The smallest absolute Gasteiger partial charge is 0.306 e. The van der Waals surface area contributed by atoms with Gasteiger partial charge in [0.1, 0.15) is 6.61 Å². The molecule has 13 heteroatoms. The van der Waals surface area contributed by atoms with E-state index < -0.39 is 25.6 Å². The van der Waals surface area contributed by atoms with Crippen LogP contribution in [0.2, 0.25) is 5.04 Å². The Hall–Kier alpha value is -6.16. The van der Waals surface area contributed by atoms with Crippen molar-refractivity contribution in [1.29, 1.82) is 0 Å². The molecule has 1 atom stereocenters. The minimum absolute atomic E-state index is 0.0707. The molecule has 394 valence electrons. The standard InChI is InChI=1S/C61H75NO11Si/c1-60(2,3)74(54-12-8-6-9-13-54,55-14-10-7-11-15-55)73-37-34-49-20-26-52(27-21-49)41-71-45-61(46-72-59(65)31-30-58(62)64,43-69-39-50-22-16-47(17-23-50)32-35-63)44-70-40-51-24-18-48(19-25-51)33-36-68-42-53-28-29-56(66-4)57(38-53)67-5/h6-29,38,63H,30-37,39-46H2,1-5H3,(H2,62,64). The Morgan fingerprint density at radius 2 is 0.932 bits per heavy atom. The van der Waals surface area contributed by atoms with Gasteiger partial charge >= 0.3 is 5.97 Å². The maximum absolute atomic E-state index is 13.0. The Bertz CT molecular complexity index is 2550. The summed E-state index contributed by atoms with van der Waals surface area (Å²) in [6.45, 7) is 9.71. The molecule has 74 heavy (non-hydrogen) atoms. The van der Waals surface area contributed by atoms with E-state index in [1.165, 1.54) is 10.4 Å². The van der Waals surface area contributed by atoms with Crippen LogP contribution in [-0.2, 0) is 83.4 Å². The zero-order valence-corrected chi connectivity index (χ0v) is 44.9. The molecule has 0 heterocycles. The summed E-state index contributed by atoms with van der Waals surface area (Å²) in [5.74, 6) is 0.205. The Labute approximate surface area is 439 Å². The summed E-state index contributed by atoms with van der Waals surface area (Å²) >= 11 is 0. The van der Waals surface area contributed by atoms with Crippen LogP contribution in [0.3, 0.4) is 0 Å². The van der Waals surface area contributed by atoms with E-state index in [1.807, 2.05) is 54.6 Å². The first-order chi connectivity index (χ1) is 35.8. The number of nitrogens with two attached hydrogens (primary N) is 1. The van der Waals surface area contributed by atoms with Gasteiger partial charge in [-0.25, -0.2) is 0 Å². The second-order valence-electron chi connectivity index (χ2n) is 19.8. The second kappa shape index (κ2) is 29.1. The van der Waals surface area contributed by atoms with Crippen LogP contribution in [0.5, 0.6) is 11.5 Å². The van der Waals surface area contributed by atoms with Gasteiger partial charge in [-0.3, -0.25) is 9.59 Å². The highest BCUT2D eigenvalue weighted by Crippen LogP contribution is 2.37. The second-order valence-corrected chi connectivity index (χ2v) is 24.1. The molecular weight excluding hydrogens is 951 g/mol. The molecule has 0 radical (unpaired) electrons. The molecule has 3 N–H and O–H groups in total. The number of amides is 1. The number of primary amides is 1. The molecule has 0 aromatic heterocycles. The van der Waals surface area contributed by atoms with Crippen molar-refractivity contribution in [2.45, 2.75) is 84.3 Å². The lowest BCUT2D eigenvalue weighted by Gasteiger charge is -2.43. The average molecular weight is 1030 g/mol. The molecule has 0 fully saturated rings. The van der Waals surface area contributed by atoms with Crippen LogP contribution in [0.25, 0.3) is 0 Å². The molecule has 0 spiro atoms. The van der Waals surface area contributed by atoms with Crippen LogP contribution in [-0.4, -0.2) is 85.8 Å². The number of aliphatic hydroxyl groups is 1. The van der Waals surface area contributed by atoms with Crippen molar-refractivity contribution < 1.29 is 52.3 Å². The number of carbonyl (C=O) groups excluding carboxylic acids is 2. The molecule has 6 aromatic carbocycles. The zero-order chi connectivity index (χ0) is 52.7. The summed E-state index contributed by atoms with van der Waals surface area (Å²) < 4.78 is 49.1. The molecule has 1 unspecified atom stereocenters. The number of hydrogen-bond acceptors (Lipinski definition) is 11. The SMILES string of the molecule is COc1ccc(COCCc2ccc(COCC(COCc3ccc(CCO)cc3)(COCc3ccc(CCO[Si](c4ccccc4)(c4ccccc4)C(C)(C)C)cc3)COC(=O)CCC(N)=O)cc2)cc1OC. The normalized spacial score (nSPS) is 12.5. The third kappa shape index (κ3) is 17.2. The highest BCUT2D eigenvalue weighted by molar-refractivity contribution is 6.99. The quantitative estimate of drug-likeness (QED) is 0.0237. The van der Waals surface area contributed by atoms with Gasteiger partial charge in [0.05, 0.1) is 78.9 Å². The lowest BCUT2D eigenvalue weighted by molar-refractivity contribution is -0.158. The number of aliphatic hydroxyl groups excluding tert-OH is 1. The molecule has 0 saturated heterocycles. The number of methoxy groups -OCH3 is 2. The largest absolute Gasteiger partial charge is 0.493 e. The Balaban J connectivity index is 1.10. The topological polar surface area (TPSA) is 154 Å². The van der Waals surface area contributed by atoms with Gasteiger partial charge in [0.25, 0.3) is 8.32 Å². The maximum atomic E-state index is 13.0. The minimum atomic E-state index is -2.67. The molecule has 0 aliphatic heterocycles. The number of ether oxygens (including phenoxy) is 7. The molecule has 0 bridgehead atoms. The summed E-state index contributed by atoms with van der Waals surface area (Å²) in [7, 11) is 0.559. The van der Waals surface area contributed by atoms with Crippen LogP contribution >= 0.6 is 0 Å². The molecule has 1 amide bonds. The third-order valence-corrected chi connectivity index (χ3v) is 18.0. The molecule has 6 aromatic rings. The van der Waals surface area contributed by atoms with E-state index >= 15 is 0 Å². The average Bonchev–Trinajstić information content (AvgIpc) is 3.41. The van der Waals surface area contributed by atoms with Crippen molar-refractivity contribution in [3.8, 4) is 11.5 Å². The van der Waals surface area contributed by atoms with Crippen LogP contribution in [0.15, 0.2) is 152 Å². The van der Waals surface area contributed by atoms with Gasteiger partial charge in [-0.05, 0) is 85.8 Å². The van der Waals surface area contributed by atoms with E-state index in [0.29, 0.717) is 51.0 Å². The lowest BCUT2D eigenvalue weighted by Crippen LogP contribution is -2.66. The maximum Gasteiger partial charge on any atom is 0.306 e. The summed E-state index contributed by atoms with van der Waals surface area (Å²) in [6, 6.07) is 51.6. The monoisotopic (exact) mass is 1030 g/mol. The molecular formula is C61H75NO11Si. The van der Waals surface area contributed by atoms with E-state index in [9.17, 15) is 14.7 Å². The Morgan fingerprint density at radius 3 is 1.38 bits per heavy atom. The van der Waals surface area contributed by atoms with Gasteiger partial charge in [-0.15, -0.1) is 0 Å². The van der Waals surface area contributed by atoms with Crippen LogP contribution in [0.1, 0.15) is 72.6 Å². The third-order valence-electron chi connectivity index (χ3n) is 13.0. The van der Waals surface area contributed by atoms with Gasteiger partial charge in [-0.1, -0.05) is 160 Å². The van der Waals surface area contributed by atoms with Crippen molar-refractivity contribution in [3.05, 3.63) is 191 Å². The minimum Gasteiger partial charge on any atom is -0.493 e. The van der Waals surface area contributed by atoms with E-state index in [1.54, 1.807) is 14.2 Å². The van der Waals surface area contributed by atoms with E-state index in [2.05, 4.69) is 118 Å². The zero-order valence-electron chi connectivity index (χ0n) is 43.9. The van der Waals surface area contributed by atoms with Crippen molar-refractivity contribution in [3.63, 3.8) is 0 Å². The molecule has 12 nitrogen and oxygen atoms in total. The first-order valence-electron chi connectivity index (χ1n) is 25.4. The molecule has 0 saturated carbocycles. The molecule has 0 aliphatic rings. The highest BCUT2D eigenvalue weighted by Gasteiger charge is 2.50.